The fourth-order valence-electron chi connectivity index (χ4n) is 3.97. The summed E-state index contributed by atoms with van der Waals surface area (Å²) < 4.78 is 0. The molecule has 33 heavy (non-hydrogen) atoms. The van der Waals surface area contributed by atoms with Gasteiger partial charge in [0.15, 0.2) is 5.13 Å². The molecule has 2 heterocycles. The Morgan fingerprint density at radius 1 is 0.909 bits per heavy atom. The molecule has 0 saturated heterocycles. The summed E-state index contributed by atoms with van der Waals surface area (Å²) in [6, 6.07) is 18.8. The van der Waals surface area contributed by atoms with E-state index in [1.54, 1.807) is 32.9 Å². The van der Waals surface area contributed by atoms with E-state index >= 15 is 0 Å². The molecule has 164 valence electrons. The summed E-state index contributed by atoms with van der Waals surface area (Å²) in [5.74, 6) is -1.11. The van der Waals surface area contributed by atoms with Gasteiger partial charge in [-0.2, -0.15) is 0 Å². The summed E-state index contributed by atoms with van der Waals surface area (Å²) in [6.45, 7) is 5.41. The largest absolute Gasteiger partial charge is 0.298 e. The molecule has 1 aromatic heterocycles. The van der Waals surface area contributed by atoms with Crippen LogP contribution in [-0.4, -0.2) is 33.1 Å². The molecule has 0 spiro atoms. The van der Waals surface area contributed by atoms with E-state index in [0.717, 1.165) is 22.0 Å². The smallest absolute Gasteiger partial charge is 0.262 e. The molecule has 4 aromatic rings. The van der Waals surface area contributed by atoms with Gasteiger partial charge in [-0.3, -0.25) is 24.6 Å². The molecule has 0 aliphatic carbocycles. The van der Waals surface area contributed by atoms with E-state index in [9.17, 15) is 14.4 Å². The van der Waals surface area contributed by atoms with Gasteiger partial charge in [-0.1, -0.05) is 36.4 Å². The van der Waals surface area contributed by atoms with Crippen LogP contribution in [0, 0.1) is 0 Å². The van der Waals surface area contributed by atoms with Crippen LogP contribution >= 0.6 is 11.3 Å². The Labute approximate surface area is 194 Å². The first kappa shape index (κ1) is 21.0. The molecule has 1 aliphatic rings. The van der Waals surface area contributed by atoms with Crippen LogP contribution in [-0.2, 0) is 0 Å². The number of nitrogens with zero attached hydrogens (tertiary/aromatic N) is 2. The van der Waals surface area contributed by atoms with Gasteiger partial charge in [-0.05, 0) is 55.8 Å². The standard InChI is InChI=1S/C26H21N3O3S/c1-26(2,3)29-23(31)19-11-10-18(13-20(19)24(29)32)22(30)28-25-27-21(14-33-25)17-9-8-15-6-4-5-7-16(15)12-17/h4-14H,1-3H3,(H,27,28,30). The Kier molecular flexibility index (Phi) is 4.87. The predicted octanol–water partition coefficient (Wildman–Crippen LogP) is 5.61. The highest BCUT2D eigenvalue weighted by molar-refractivity contribution is 7.14. The Hall–Kier alpha value is -3.84. The fraction of sp³-hybridized carbons (Fsp3) is 0.154. The summed E-state index contributed by atoms with van der Waals surface area (Å²) in [5.41, 5.74) is 1.97. The molecule has 3 amide bonds. The number of fused-ring (bicyclic) bond motifs is 2. The van der Waals surface area contributed by atoms with E-state index in [-0.39, 0.29) is 23.3 Å². The maximum Gasteiger partial charge on any atom is 0.262 e. The first-order valence-corrected chi connectivity index (χ1v) is 11.4. The van der Waals surface area contributed by atoms with Crippen molar-refractivity contribution in [2.45, 2.75) is 26.3 Å². The average molecular weight is 456 g/mol. The molecule has 0 fully saturated rings. The van der Waals surface area contributed by atoms with E-state index in [4.69, 9.17) is 0 Å². The second-order valence-electron chi connectivity index (χ2n) is 8.93. The van der Waals surface area contributed by atoms with Crippen molar-refractivity contribution in [2.24, 2.45) is 0 Å². The van der Waals surface area contributed by atoms with Gasteiger partial charge in [0.05, 0.1) is 16.8 Å². The van der Waals surface area contributed by atoms with Gasteiger partial charge in [0.1, 0.15) is 0 Å². The first-order chi connectivity index (χ1) is 15.7. The third-order valence-electron chi connectivity index (χ3n) is 5.59. The van der Waals surface area contributed by atoms with Crippen molar-refractivity contribution in [2.75, 3.05) is 5.32 Å². The minimum absolute atomic E-state index is 0.249. The third kappa shape index (κ3) is 3.70. The summed E-state index contributed by atoms with van der Waals surface area (Å²) in [6.07, 6.45) is 0. The Morgan fingerprint density at radius 2 is 1.64 bits per heavy atom. The average Bonchev–Trinajstić information content (AvgIpc) is 3.35. The summed E-state index contributed by atoms with van der Waals surface area (Å²) >= 11 is 1.33. The zero-order valence-corrected chi connectivity index (χ0v) is 19.2. The van der Waals surface area contributed by atoms with Crippen LogP contribution in [0.5, 0.6) is 0 Å². The van der Waals surface area contributed by atoms with Crippen molar-refractivity contribution in [1.82, 2.24) is 9.88 Å². The number of anilines is 1. The molecule has 1 aliphatic heterocycles. The van der Waals surface area contributed by atoms with Crippen LogP contribution in [0.4, 0.5) is 5.13 Å². The monoisotopic (exact) mass is 455 g/mol. The highest BCUT2D eigenvalue weighted by Gasteiger charge is 2.42. The molecule has 0 atom stereocenters. The van der Waals surface area contributed by atoms with Crippen LogP contribution in [0.15, 0.2) is 66.0 Å². The van der Waals surface area contributed by atoms with Crippen LogP contribution < -0.4 is 5.32 Å². The lowest BCUT2D eigenvalue weighted by atomic mass is 10.1. The molecule has 6 nitrogen and oxygen atoms in total. The van der Waals surface area contributed by atoms with Crippen LogP contribution in [0.2, 0.25) is 0 Å². The van der Waals surface area contributed by atoms with Crippen LogP contribution in [0.25, 0.3) is 22.0 Å². The van der Waals surface area contributed by atoms with Gasteiger partial charge < -0.3 is 0 Å². The van der Waals surface area contributed by atoms with E-state index < -0.39 is 5.54 Å². The van der Waals surface area contributed by atoms with Crippen LogP contribution in [0.3, 0.4) is 0 Å². The minimum atomic E-state index is -0.643. The van der Waals surface area contributed by atoms with E-state index in [1.807, 2.05) is 29.6 Å². The number of aromatic nitrogens is 1. The van der Waals surface area contributed by atoms with E-state index in [0.29, 0.717) is 16.3 Å². The van der Waals surface area contributed by atoms with Crippen LogP contribution in [0.1, 0.15) is 51.8 Å². The number of hydrogen-bond donors (Lipinski definition) is 1. The lowest BCUT2D eigenvalue weighted by molar-refractivity contribution is 0.0507. The van der Waals surface area contributed by atoms with Gasteiger partial charge in [0, 0.05) is 22.0 Å². The second kappa shape index (κ2) is 7.64. The summed E-state index contributed by atoms with van der Waals surface area (Å²) in [5, 5.41) is 7.43. The number of carbonyl (C=O) groups is 3. The first-order valence-electron chi connectivity index (χ1n) is 10.5. The van der Waals surface area contributed by atoms with Crippen molar-refractivity contribution in [1.29, 1.82) is 0 Å². The molecular weight excluding hydrogens is 434 g/mol. The van der Waals surface area contributed by atoms with Crippen molar-refractivity contribution in [3.05, 3.63) is 82.7 Å². The predicted molar refractivity (Wildman–Crippen MR) is 130 cm³/mol. The van der Waals surface area contributed by atoms with Gasteiger partial charge in [-0.25, -0.2) is 4.98 Å². The van der Waals surface area contributed by atoms with Gasteiger partial charge in [0.25, 0.3) is 17.7 Å². The number of carbonyl (C=O) groups excluding carboxylic acids is 3. The SMILES string of the molecule is CC(C)(C)N1C(=O)c2ccc(C(=O)Nc3nc(-c4ccc5ccccc5c4)cs3)cc2C1=O. The molecule has 0 saturated carbocycles. The van der Waals surface area contributed by atoms with E-state index in [1.165, 1.54) is 22.3 Å². The molecule has 0 bridgehead atoms. The van der Waals surface area contributed by atoms with Gasteiger partial charge in [-0.15, -0.1) is 11.3 Å². The fourth-order valence-corrected chi connectivity index (χ4v) is 4.69. The zero-order valence-electron chi connectivity index (χ0n) is 18.4. The number of imide groups is 1. The second-order valence-corrected chi connectivity index (χ2v) is 9.79. The quantitative estimate of drug-likeness (QED) is 0.407. The maximum atomic E-state index is 12.8. The molecule has 0 radical (unpaired) electrons. The van der Waals surface area contributed by atoms with Crippen molar-refractivity contribution in [3.8, 4) is 11.3 Å². The number of rotatable bonds is 3. The number of nitrogens with one attached hydrogen (secondary N) is 1. The van der Waals surface area contributed by atoms with Crippen molar-refractivity contribution < 1.29 is 14.4 Å². The Morgan fingerprint density at radius 3 is 2.39 bits per heavy atom. The Balaban J connectivity index is 1.37. The summed E-state index contributed by atoms with van der Waals surface area (Å²) in [7, 11) is 0. The molecule has 3 aromatic carbocycles. The number of benzene rings is 3. The molecular formula is C26H21N3O3S. The number of amides is 3. The van der Waals surface area contributed by atoms with E-state index in [2.05, 4.69) is 28.5 Å². The summed E-state index contributed by atoms with van der Waals surface area (Å²) in [4.78, 5) is 44.1. The topological polar surface area (TPSA) is 79.4 Å². The lowest BCUT2D eigenvalue weighted by Gasteiger charge is -2.29. The highest BCUT2D eigenvalue weighted by atomic mass is 32.1. The normalized spacial score (nSPS) is 13.5. The molecule has 1 N–H and O–H groups in total. The molecule has 5 rings (SSSR count). The minimum Gasteiger partial charge on any atom is -0.298 e. The maximum absolute atomic E-state index is 12.8. The van der Waals surface area contributed by atoms with Gasteiger partial charge >= 0.3 is 0 Å². The Bertz CT molecular complexity index is 1450. The third-order valence-corrected chi connectivity index (χ3v) is 6.35. The number of hydrogen-bond acceptors (Lipinski definition) is 5. The van der Waals surface area contributed by atoms with Gasteiger partial charge in [0.2, 0.25) is 0 Å². The zero-order chi connectivity index (χ0) is 23.3. The van der Waals surface area contributed by atoms with Crippen molar-refractivity contribution in [3.63, 3.8) is 0 Å². The highest BCUT2D eigenvalue weighted by Crippen LogP contribution is 2.31. The molecule has 0 unspecified atom stereocenters. The lowest BCUT2D eigenvalue weighted by Crippen LogP contribution is -2.45. The number of thiazole rings is 1. The molecule has 7 heteroatoms. The van der Waals surface area contributed by atoms with Crippen molar-refractivity contribution >= 4 is 45.0 Å².